The molecule has 0 aliphatic heterocycles. The van der Waals surface area contributed by atoms with Crippen LogP contribution in [0.5, 0.6) is 0 Å². The Bertz CT molecular complexity index is 934. The molecule has 0 fully saturated rings. The standard InChI is InChI=1S/C18H12F3N3O2/c19-18(20,21)14-5-1-3-12(9-14)16-7-6-15(26-16)11-23-24-17(25)13-4-2-8-22-10-13/h1-11H,(H,24,25). The first-order valence-electron chi connectivity index (χ1n) is 7.44. The van der Waals surface area contributed by atoms with Gasteiger partial charge in [-0.05, 0) is 36.4 Å². The second-order valence-electron chi connectivity index (χ2n) is 5.22. The minimum atomic E-state index is -4.43. The zero-order valence-corrected chi connectivity index (χ0v) is 13.2. The van der Waals surface area contributed by atoms with Crippen LogP contribution in [-0.4, -0.2) is 17.1 Å². The van der Waals surface area contributed by atoms with Crippen LogP contribution in [-0.2, 0) is 6.18 Å². The highest BCUT2D eigenvalue weighted by Gasteiger charge is 2.30. The zero-order chi connectivity index (χ0) is 18.6. The third-order valence-corrected chi connectivity index (χ3v) is 3.38. The summed E-state index contributed by atoms with van der Waals surface area (Å²) in [5, 5.41) is 3.76. The number of nitrogens with one attached hydrogen (secondary N) is 1. The van der Waals surface area contributed by atoms with E-state index in [1.807, 2.05) is 0 Å². The molecule has 2 aromatic heterocycles. The molecule has 0 atom stereocenters. The van der Waals surface area contributed by atoms with Crippen molar-refractivity contribution in [3.8, 4) is 11.3 Å². The van der Waals surface area contributed by atoms with Gasteiger partial charge in [-0.1, -0.05) is 12.1 Å². The van der Waals surface area contributed by atoms with Crippen molar-refractivity contribution >= 4 is 12.1 Å². The van der Waals surface area contributed by atoms with E-state index in [0.717, 1.165) is 12.1 Å². The fourth-order valence-corrected chi connectivity index (χ4v) is 2.14. The summed E-state index contributed by atoms with van der Waals surface area (Å²) in [6.45, 7) is 0. The number of pyridine rings is 1. The van der Waals surface area contributed by atoms with Crippen LogP contribution in [0.15, 0.2) is 70.4 Å². The van der Waals surface area contributed by atoms with Gasteiger partial charge in [0.25, 0.3) is 5.91 Å². The van der Waals surface area contributed by atoms with Crippen molar-refractivity contribution in [3.05, 3.63) is 77.8 Å². The van der Waals surface area contributed by atoms with Gasteiger partial charge in [-0.3, -0.25) is 9.78 Å². The third-order valence-electron chi connectivity index (χ3n) is 3.38. The van der Waals surface area contributed by atoms with Crippen molar-refractivity contribution < 1.29 is 22.4 Å². The second-order valence-corrected chi connectivity index (χ2v) is 5.22. The van der Waals surface area contributed by atoms with Crippen LogP contribution in [0.4, 0.5) is 13.2 Å². The molecule has 132 valence electrons. The lowest BCUT2D eigenvalue weighted by atomic mass is 10.1. The van der Waals surface area contributed by atoms with Crippen molar-refractivity contribution in [1.82, 2.24) is 10.4 Å². The number of carbonyl (C=O) groups is 1. The monoisotopic (exact) mass is 359 g/mol. The molecule has 1 aromatic carbocycles. The van der Waals surface area contributed by atoms with Gasteiger partial charge in [0.1, 0.15) is 11.5 Å². The predicted molar refractivity (Wildman–Crippen MR) is 88.4 cm³/mol. The maximum atomic E-state index is 12.8. The molecular formula is C18H12F3N3O2. The minimum Gasteiger partial charge on any atom is -0.455 e. The number of carbonyl (C=O) groups excluding carboxylic acids is 1. The summed E-state index contributed by atoms with van der Waals surface area (Å²) in [6.07, 6.45) is -0.240. The van der Waals surface area contributed by atoms with E-state index in [1.165, 1.54) is 42.9 Å². The Morgan fingerprint density at radius 3 is 2.73 bits per heavy atom. The summed E-state index contributed by atoms with van der Waals surface area (Å²) >= 11 is 0. The predicted octanol–water partition coefficient (Wildman–Crippen LogP) is 4.12. The lowest BCUT2D eigenvalue weighted by molar-refractivity contribution is -0.137. The van der Waals surface area contributed by atoms with Gasteiger partial charge >= 0.3 is 6.18 Å². The molecule has 0 aliphatic carbocycles. The van der Waals surface area contributed by atoms with Crippen LogP contribution in [0.1, 0.15) is 21.7 Å². The Hall–Kier alpha value is -3.42. The Labute approximate surface area is 146 Å². The lowest BCUT2D eigenvalue weighted by Crippen LogP contribution is -2.17. The molecule has 26 heavy (non-hydrogen) atoms. The van der Waals surface area contributed by atoms with Gasteiger partial charge in [-0.15, -0.1) is 0 Å². The molecule has 2 heterocycles. The number of amides is 1. The summed E-state index contributed by atoms with van der Waals surface area (Å²) in [7, 11) is 0. The average Bonchev–Trinajstić information content (AvgIpc) is 3.11. The molecule has 8 heteroatoms. The minimum absolute atomic E-state index is 0.260. The molecule has 0 unspecified atom stereocenters. The Kier molecular flexibility index (Phi) is 4.83. The van der Waals surface area contributed by atoms with E-state index in [2.05, 4.69) is 15.5 Å². The molecule has 0 saturated carbocycles. The van der Waals surface area contributed by atoms with Gasteiger partial charge in [0.05, 0.1) is 17.3 Å². The number of nitrogens with zero attached hydrogens (tertiary/aromatic N) is 2. The summed E-state index contributed by atoms with van der Waals surface area (Å²) < 4.78 is 43.8. The van der Waals surface area contributed by atoms with Gasteiger partial charge in [0, 0.05) is 18.0 Å². The Balaban J connectivity index is 1.69. The van der Waals surface area contributed by atoms with Crippen LogP contribution in [0, 0.1) is 0 Å². The quantitative estimate of drug-likeness (QED) is 0.563. The van der Waals surface area contributed by atoms with Crippen molar-refractivity contribution in [3.63, 3.8) is 0 Å². The first-order chi connectivity index (χ1) is 12.4. The number of hydrogen-bond donors (Lipinski definition) is 1. The fraction of sp³-hybridized carbons (Fsp3) is 0.0556. The Morgan fingerprint density at radius 1 is 1.15 bits per heavy atom. The highest BCUT2D eigenvalue weighted by atomic mass is 19.4. The smallest absolute Gasteiger partial charge is 0.416 e. The van der Waals surface area contributed by atoms with Gasteiger partial charge in [0.2, 0.25) is 0 Å². The largest absolute Gasteiger partial charge is 0.455 e. The van der Waals surface area contributed by atoms with Gasteiger partial charge in [-0.2, -0.15) is 18.3 Å². The molecule has 0 aliphatic rings. The normalized spacial score (nSPS) is 11.7. The van der Waals surface area contributed by atoms with E-state index in [9.17, 15) is 18.0 Å². The number of aromatic nitrogens is 1. The van der Waals surface area contributed by atoms with E-state index in [1.54, 1.807) is 12.1 Å². The van der Waals surface area contributed by atoms with Crippen LogP contribution >= 0.6 is 0 Å². The van der Waals surface area contributed by atoms with Crippen molar-refractivity contribution in [2.24, 2.45) is 5.10 Å². The lowest BCUT2D eigenvalue weighted by Gasteiger charge is -2.07. The number of hydrazone groups is 1. The molecule has 5 nitrogen and oxygen atoms in total. The SMILES string of the molecule is O=C(NN=Cc1ccc(-c2cccc(C(F)(F)F)c2)o1)c1cccnc1. The maximum Gasteiger partial charge on any atom is 0.416 e. The molecule has 3 aromatic rings. The van der Waals surface area contributed by atoms with E-state index in [-0.39, 0.29) is 11.5 Å². The van der Waals surface area contributed by atoms with Crippen molar-refractivity contribution in [2.75, 3.05) is 0 Å². The Morgan fingerprint density at radius 2 is 2.00 bits per heavy atom. The fourth-order valence-electron chi connectivity index (χ4n) is 2.14. The number of alkyl halides is 3. The summed E-state index contributed by atoms with van der Waals surface area (Å²) in [6, 6.07) is 11.1. The summed E-state index contributed by atoms with van der Waals surface area (Å²) in [5.41, 5.74) is 2.18. The number of hydrogen-bond acceptors (Lipinski definition) is 4. The van der Waals surface area contributed by atoms with E-state index < -0.39 is 17.6 Å². The van der Waals surface area contributed by atoms with Crippen LogP contribution in [0.3, 0.4) is 0 Å². The second kappa shape index (κ2) is 7.22. The van der Waals surface area contributed by atoms with Gasteiger partial charge in [0.15, 0.2) is 0 Å². The first-order valence-corrected chi connectivity index (χ1v) is 7.44. The first kappa shape index (κ1) is 17.4. The molecule has 0 bridgehead atoms. The topological polar surface area (TPSA) is 67.5 Å². The van der Waals surface area contributed by atoms with E-state index in [4.69, 9.17) is 4.42 Å². The molecule has 1 N–H and O–H groups in total. The van der Waals surface area contributed by atoms with E-state index in [0.29, 0.717) is 11.1 Å². The molecule has 1 amide bonds. The number of halogens is 3. The third kappa shape index (κ3) is 4.15. The highest BCUT2D eigenvalue weighted by molar-refractivity contribution is 5.94. The van der Waals surface area contributed by atoms with Gasteiger partial charge in [-0.25, -0.2) is 5.43 Å². The molecule has 0 radical (unpaired) electrons. The highest BCUT2D eigenvalue weighted by Crippen LogP contribution is 2.32. The van der Waals surface area contributed by atoms with Crippen LogP contribution in [0.2, 0.25) is 0 Å². The average molecular weight is 359 g/mol. The number of benzene rings is 1. The van der Waals surface area contributed by atoms with Crippen molar-refractivity contribution in [2.45, 2.75) is 6.18 Å². The van der Waals surface area contributed by atoms with Crippen molar-refractivity contribution in [1.29, 1.82) is 0 Å². The maximum absolute atomic E-state index is 12.8. The molecule has 3 rings (SSSR count). The number of rotatable bonds is 4. The number of furan rings is 1. The molecule has 0 spiro atoms. The summed E-state index contributed by atoms with van der Waals surface area (Å²) in [4.78, 5) is 15.6. The summed E-state index contributed by atoms with van der Waals surface area (Å²) in [5.74, 6) is 0.0963. The molecule has 0 saturated heterocycles. The molecular weight excluding hydrogens is 347 g/mol. The van der Waals surface area contributed by atoms with Crippen LogP contribution in [0.25, 0.3) is 11.3 Å². The zero-order valence-electron chi connectivity index (χ0n) is 13.2. The van der Waals surface area contributed by atoms with Gasteiger partial charge < -0.3 is 4.42 Å². The van der Waals surface area contributed by atoms with Crippen LogP contribution < -0.4 is 5.43 Å². The van der Waals surface area contributed by atoms with E-state index >= 15 is 0 Å².